The third-order valence-corrected chi connectivity index (χ3v) is 5.51. The summed E-state index contributed by atoms with van der Waals surface area (Å²) in [4.78, 5) is 14.4. The molecule has 1 aliphatic heterocycles. The van der Waals surface area contributed by atoms with Gasteiger partial charge in [-0.05, 0) is 50.5 Å². The van der Waals surface area contributed by atoms with Gasteiger partial charge >= 0.3 is 0 Å². The van der Waals surface area contributed by atoms with E-state index in [0.29, 0.717) is 24.8 Å². The highest BCUT2D eigenvalue weighted by molar-refractivity contribution is 5.89. The minimum absolute atomic E-state index is 0.0774. The van der Waals surface area contributed by atoms with Gasteiger partial charge in [0.15, 0.2) is 17.2 Å². The van der Waals surface area contributed by atoms with Crippen LogP contribution in [0.5, 0.6) is 5.75 Å². The van der Waals surface area contributed by atoms with Crippen molar-refractivity contribution in [3.05, 3.63) is 48.5 Å². The molecule has 0 amide bonds. The van der Waals surface area contributed by atoms with Crippen LogP contribution >= 0.6 is 0 Å². The molecule has 0 aliphatic carbocycles. The molecule has 1 aliphatic rings. The van der Waals surface area contributed by atoms with Crippen molar-refractivity contribution in [2.75, 3.05) is 26.9 Å². The number of benzene rings is 1. The summed E-state index contributed by atoms with van der Waals surface area (Å²) in [6.07, 6.45) is 4.85. The van der Waals surface area contributed by atoms with Crippen LogP contribution in [-0.2, 0) is 9.47 Å². The Labute approximate surface area is 186 Å². The third kappa shape index (κ3) is 4.11. The summed E-state index contributed by atoms with van der Waals surface area (Å²) in [7, 11) is 1.65. The maximum Gasteiger partial charge on any atom is 0.198 e. The first-order chi connectivity index (χ1) is 15.7. The zero-order chi connectivity index (χ0) is 21.9. The summed E-state index contributed by atoms with van der Waals surface area (Å²) in [6, 6.07) is 11.6. The first-order valence-electron chi connectivity index (χ1n) is 10.9. The third-order valence-electron chi connectivity index (χ3n) is 5.51. The lowest BCUT2D eigenvalue weighted by Crippen LogP contribution is -2.17. The van der Waals surface area contributed by atoms with Gasteiger partial charge in [-0.2, -0.15) is 0 Å². The van der Waals surface area contributed by atoms with Crippen LogP contribution < -0.4 is 4.74 Å². The number of imidazole rings is 1. The highest BCUT2D eigenvalue weighted by Gasteiger charge is 2.23. The van der Waals surface area contributed by atoms with E-state index in [2.05, 4.69) is 4.98 Å². The molecule has 8 nitrogen and oxygen atoms in total. The summed E-state index contributed by atoms with van der Waals surface area (Å²) in [6.45, 7) is 3.65. The lowest BCUT2D eigenvalue weighted by Gasteiger charge is -2.23. The minimum atomic E-state index is -0.0774. The van der Waals surface area contributed by atoms with Crippen LogP contribution in [0.1, 0.15) is 31.3 Å². The molecule has 1 unspecified atom stereocenters. The Morgan fingerprint density at radius 2 is 2.06 bits per heavy atom. The van der Waals surface area contributed by atoms with Crippen molar-refractivity contribution >= 4 is 11.2 Å². The predicted octanol–water partition coefficient (Wildman–Crippen LogP) is 4.79. The van der Waals surface area contributed by atoms with Crippen molar-refractivity contribution in [2.24, 2.45) is 0 Å². The topological polar surface area (TPSA) is 84.4 Å². The van der Waals surface area contributed by atoms with Crippen LogP contribution in [0.15, 0.2) is 47.1 Å². The van der Waals surface area contributed by atoms with E-state index >= 15 is 0 Å². The fourth-order valence-corrected chi connectivity index (χ4v) is 3.91. The van der Waals surface area contributed by atoms with Crippen molar-refractivity contribution in [2.45, 2.75) is 32.4 Å². The van der Waals surface area contributed by atoms with E-state index in [1.165, 1.54) is 0 Å². The van der Waals surface area contributed by atoms with Crippen LogP contribution in [0.2, 0.25) is 0 Å². The summed E-state index contributed by atoms with van der Waals surface area (Å²) >= 11 is 0. The second-order valence-electron chi connectivity index (χ2n) is 7.82. The number of methoxy groups -OCH3 is 1. The number of hydrogen-bond donors (Lipinski definition) is 0. The molecule has 0 bridgehead atoms. The van der Waals surface area contributed by atoms with E-state index in [-0.39, 0.29) is 6.23 Å². The van der Waals surface area contributed by atoms with Gasteiger partial charge in [-0.1, -0.05) is 12.1 Å². The largest absolute Gasteiger partial charge is 0.491 e. The van der Waals surface area contributed by atoms with Gasteiger partial charge in [0.1, 0.15) is 35.6 Å². The summed E-state index contributed by atoms with van der Waals surface area (Å²) < 4.78 is 24.7. The number of aromatic nitrogens is 4. The number of nitrogens with zero attached hydrogens (tertiary/aromatic N) is 4. The maximum absolute atomic E-state index is 6.01. The van der Waals surface area contributed by atoms with Gasteiger partial charge in [0.25, 0.3) is 0 Å². The van der Waals surface area contributed by atoms with Gasteiger partial charge in [-0.3, -0.25) is 4.57 Å². The van der Waals surface area contributed by atoms with Gasteiger partial charge in [-0.15, -0.1) is 0 Å². The number of fused-ring (bicyclic) bond motifs is 1. The molecule has 4 aromatic rings. The van der Waals surface area contributed by atoms with Crippen molar-refractivity contribution in [1.29, 1.82) is 0 Å². The molecule has 0 radical (unpaired) electrons. The number of rotatable bonds is 7. The SMILES string of the molecule is COCCOc1cccc(-c2nc(-c3ccc(C)o3)nc3c2ncn3C2CCCCO2)c1. The van der Waals surface area contributed by atoms with E-state index in [0.717, 1.165) is 59.8 Å². The number of ether oxygens (including phenoxy) is 3. The Bertz CT molecular complexity index is 1210. The van der Waals surface area contributed by atoms with E-state index in [9.17, 15) is 0 Å². The number of hydrogen-bond acceptors (Lipinski definition) is 7. The summed E-state index contributed by atoms with van der Waals surface area (Å²) in [5.41, 5.74) is 3.08. The van der Waals surface area contributed by atoms with E-state index in [4.69, 9.17) is 28.6 Å². The van der Waals surface area contributed by atoms with Gasteiger partial charge in [-0.25, -0.2) is 15.0 Å². The molecule has 1 atom stereocenters. The standard InChI is InChI=1S/C24H26N4O4/c1-16-9-10-19(32-16)23-26-21(17-6-5-7-18(14-17)30-13-12-29-2)22-24(27-23)28(15-25-22)20-8-3-4-11-31-20/h5-7,9-10,14-15,20H,3-4,8,11-13H2,1-2H3. The smallest absolute Gasteiger partial charge is 0.198 e. The molecule has 0 N–H and O–H groups in total. The van der Waals surface area contributed by atoms with Crippen molar-refractivity contribution < 1.29 is 18.6 Å². The normalized spacial score (nSPS) is 16.5. The first kappa shape index (κ1) is 20.7. The zero-order valence-corrected chi connectivity index (χ0v) is 18.3. The number of aryl methyl sites for hydroxylation is 1. The highest BCUT2D eigenvalue weighted by Crippen LogP contribution is 2.33. The molecule has 0 saturated carbocycles. The second-order valence-corrected chi connectivity index (χ2v) is 7.82. The molecule has 166 valence electrons. The minimum Gasteiger partial charge on any atom is -0.491 e. The monoisotopic (exact) mass is 434 g/mol. The quantitative estimate of drug-likeness (QED) is 0.387. The molecule has 5 rings (SSSR count). The molecular weight excluding hydrogens is 408 g/mol. The lowest BCUT2D eigenvalue weighted by molar-refractivity contribution is -0.0298. The highest BCUT2D eigenvalue weighted by atomic mass is 16.5. The Kier molecular flexibility index (Phi) is 5.87. The maximum atomic E-state index is 6.01. The van der Waals surface area contributed by atoms with Gasteiger partial charge in [0.05, 0.1) is 12.9 Å². The Morgan fingerprint density at radius 3 is 2.84 bits per heavy atom. The molecule has 0 spiro atoms. The first-order valence-corrected chi connectivity index (χ1v) is 10.9. The van der Waals surface area contributed by atoms with Crippen LogP contribution in [0.25, 0.3) is 34.0 Å². The Morgan fingerprint density at radius 1 is 1.12 bits per heavy atom. The molecule has 32 heavy (non-hydrogen) atoms. The van der Waals surface area contributed by atoms with Crippen molar-refractivity contribution in [3.8, 4) is 28.6 Å². The molecule has 1 aromatic carbocycles. The average molecular weight is 434 g/mol. The summed E-state index contributed by atoms with van der Waals surface area (Å²) in [5.74, 6) is 2.69. The van der Waals surface area contributed by atoms with Crippen molar-refractivity contribution in [3.63, 3.8) is 0 Å². The van der Waals surface area contributed by atoms with Gasteiger partial charge in [0, 0.05) is 19.3 Å². The van der Waals surface area contributed by atoms with Crippen molar-refractivity contribution in [1.82, 2.24) is 19.5 Å². The molecule has 8 heteroatoms. The van der Waals surface area contributed by atoms with Crippen LogP contribution in [0.3, 0.4) is 0 Å². The van der Waals surface area contributed by atoms with E-state index < -0.39 is 0 Å². The molecule has 1 saturated heterocycles. The fraction of sp³-hybridized carbons (Fsp3) is 0.375. The lowest BCUT2D eigenvalue weighted by atomic mass is 10.1. The average Bonchev–Trinajstić information content (AvgIpc) is 3.46. The van der Waals surface area contributed by atoms with Crippen LogP contribution in [-0.4, -0.2) is 46.4 Å². The van der Waals surface area contributed by atoms with Crippen LogP contribution in [0, 0.1) is 6.92 Å². The van der Waals surface area contributed by atoms with E-state index in [1.54, 1.807) is 13.4 Å². The summed E-state index contributed by atoms with van der Waals surface area (Å²) in [5, 5.41) is 0. The predicted molar refractivity (Wildman–Crippen MR) is 119 cm³/mol. The molecule has 3 aromatic heterocycles. The zero-order valence-electron chi connectivity index (χ0n) is 18.3. The molecule has 1 fully saturated rings. The Hall–Kier alpha value is -3.23. The fourth-order valence-electron chi connectivity index (χ4n) is 3.91. The van der Waals surface area contributed by atoms with Gasteiger partial charge in [0.2, 0.25) is 0 Å². The van der Waals surface area contributed by atoms with Crippen LogP contribution in [0.4, 0.5) is 0 Å². The second kappa shape index (κ2) is 9.10. The number of furan rings is 1. The van der Waals surface area contributed by atoms with Gasteiger partial charge < -0.3 is 18.6 Å². The van der Waals surface area contributed by atoms with E-state index in [1.807, 2.05) is 47.9 Å². The Balaban J connectivity index is 1.63. The molecule has 4 heterocycles. The molecular formula is C24H26N4O4.